The Kier molecular flexibility index (Phi) is 4.38. The average molecular weight is 264 g/mol. The minimum Gasteiger partial charge on any atom is -0.396 e. The molecule has 0 atom stereocenters. The molecule has 5 heteroatoms. The molecule has 0 bridgehead atoms. The van der Waals surface area contributed by atoms with Crippen LogP contribution >= 0.6 is 11.3 Å². The number of nitrogens with zero attached hydrogens (tertiary/aromatic N) is 3. The summed E-state index contributed by atoms with van der Waals surface area (Å²) < 4.78 is 1.90. The van der Waals surface area contributed by atoms with E-state index in [0.717, 1.165) is 25.3 Å². The Bertz CT molecular complexity index is 461. The van der Waals surface area contributed by atoms with Crippen LogP contribution in [-0.4, -0.2) is 27.3 Å². The summed E-state index contributed by atoms with van der Waals surface area (Å²) in [7, 11) is 0. The summed E-state index contributed by atoms with van der Waals surface area (Å²) in [5, 5.41) is 6.34. The van der Waals surface area contributed by atoms with E-state index in [1.807, 2.05) is 22.2 Å². The predicted octanol–water partition coefficient (Wildman–Crippen LogP) is 2.44. The number of aromatic nitrogens is 2. The Labute approximate surface area is 112 Å². The fourth-order valence-corrected chi connectivity index (χ4v) is 2.58. The van der Waals surface area contributed by atoms with Gasteiger partial charge in [-0.1, -0.05) is 6.07 Å². The summed E-state index contributed by atoms with van der Waals surface area (Å²) in [6.45, 7) is 7.32. The molecule has 0 radical (unpaired) electrons. The smallest absolute Gasteiger partial charge is 0.0719 e. The van der Waals surface area contributed by atoms with Crippen molar-refractivity contribution in [1.29, 1.82) is 0 Å². The van der Waals surface area contributed by atoms with Crippen LogP contribution in [0.5, 0.6) is 0 Å². The van der Waals surface area contributed by atoms with Crippen LogP contribution in [0.3, 0.4) is 0 Å². The lowest BCUT2D eigenvalue weighted by atomic mass is 10.3. The summed E-state index contributed by atoms with van der Waals surface area (Å²) in [5.74, 6) is 0. The maximum atomic E-state index is 5.66. The minimum atomic E-state index is 0.528. The Hall–Kier alpha value is -1.33. The molecule has 0 unspecified atom stereocenters. The molecule has 98 valence electrons. The third-order valence-electron chi connectivity index (χ3n) is 2.94. The van der Waals surface area contributed by atoms with Crippen LogP contribution in [-0.2, 0) is 13.1 Å². The zero-order chi connectivity index (χ0) is 13.0. The molecular weight excluding hydrogens is 244 g/mol. The topological polar surface area (TPSA) is 47.1 Å². The molecule has 2 aromatic heterocycles. The van der Waals surface area contributed by atoms with Crippen molar-refractivity contribution in [1.82, 2.24) is 14.7 Å². The molecule has 0 amide bonds. The van der Waals surface area contributed by atoms with Crippen LogP contribution in [0, 0.1) is 0 Å². The van der Waals surface area contributed by atoms with E-state index in [-0.39, 0.29) is 0 Å². The Balaban J connectivity index is 1.90. The summed E-state index contributed by atoms with van der Waals surface area (Å²) in [5.41, 5.74) is 6.39. The van der Waals surface area contributed by atoms with E-state index in [1.54, 1.807) is 6.20 Å². The molecule has 0 aliphatic rings. The van der Waals surface area contributed by atoms with Crippen LogP contribution in [0.2, 0.25) is 0 Å². The van der Waals surface area contributed by atoms with Crippen molar-refractivity contribution in [3.63, 3.8) is 0 Å². The summed E-state index contributed by atoms with van der Waals surface area (Å²) in [6, 6.07) is 4.82. The van der Waals surface area contributed by atoms with Gasteiger partial charge in [-0.25, -0.2) is 0 Å². The third-order valence-corrected chi connectivity index (χ3v) is 3.80. The zero-order valence-electron chi connectivity index (χ0n) is 10.9. The van der Waals surface area contributed by atoms with Crippen molar-refractivity contribution in [2.24, 2.45) is 0 Å². The van der Waals surface area contributed by atoms with Gasteiger partial charge in [-0.05, 0) is 25.3 Å². The van der Waals surface area contributed by atoms with Crippen LogP contribution in [0.1, 0.15) is 18.7 Å². The number of nitrogen functional groups attached to an aromatic ring is 1. The summed E-state index contributed by atoms with van der Waals surface area (Å²) in [6.07, 6.45) is 3.57. The third kappa shape index (κ3) is 3.58. The Morgan fingerprint density at radius 1 is 1.50 bits per heavy atom. The molecule has 2 rings (SSSR count). The van der Waals surface area contributed by atoms with Crippen molar-refractivity contribution in [3.05, 3.63) is 34.8 Å². The zero-order valence-corrected chi connectivity index (χ0v) is 11.7. The quantitative estimate of drug-likeness (QED) is 0.871. The molecule has 0 saturated carbocycles. The molecule has 2 aromatic rings. The normalized spacial score (nSPS) is 11.6. The second-order valence-electron chi connectivity index (χ2n) is 4.68. The molecule has 0 fully saturated rings. The number of hydrogen-bond donors (Lipinski definition) is 1. The monoisotopic (exact) mass is 264 g/mol. The average Bonchev–Trinajstić information content (AvgIpc) is 2.95. The van der Waals surface area contributed by atoms with Crippen molar-refractivity contribution >= 4 is 17.0 Å². The SMILES string of the molecule is CC(C)N(CCn1cc(N)cn1)Cc1cccs1. The molecule has 18 heavy (non-hydrogen) atoms. The van der Waals surface area contributed by atoms with Crippen molar-refractivity contribution in [3.8, 4) is 0 Å². The van der Waals surface area contributed by atoms with Crippen LogP contribution in [0.15, 0.2) is 29.9 Å². The second-order valence-corrected chi connectivity index (χ2v) is 5.71. The lowest BCUT2D eigenvalue weighted by Gasteiger charge is -2.25. The van der Waals surface area contributed by atoms with Gasteiger partial charge in [0.15, 0.2) is 0 Å². The maximum Gasteiger partial charge on any atom is 0.0719 e. The first-order chi connectivity index (χ1) is 8.65. The fourth-order valence-electron chi connectivity index (χ4n) is 1.86. The minimum absolute atomic E-state index is 0.528. The highest BCUT2D eigenvalue weighted by atomic mass is 32.1. The number of anilines is 1. The van der Waals surface area contributed by atoms with E-state index in [2.05, 4.69) is 41.4 Å². The molecule has 0 spiro atoms. The van der Waals surface area contributed by atoms with Gasteiger partial charge in [0.2, 0.25) is 0 Å². The molecule has 4 nitrogen and oxygen atoms in total. The van der Waals surface area contributed by atoms with Crippen LogP contribution < -0.4 is 5.73 Å². The number of thiophene rings is 1. The lowest BCUT2D eigenvalue weighted by Crippen LogP contribution is -2.33. The van der Waals surface area contributed by atoms with Crippen LogP contribution in [0.25, 0.3) is 0 Å². The molecular formula is C13H20N4S. The highest BCUT2D eigenvalue weighted by Crippen LogP contribution is 2.14. The van der Waals surface area contributed by atoms with E-state index >= 15 is 0 Å². The van der Waals surface area contributed by atoms with Gasteiger partial charge in [-0.3, -0.25) is 9.58 Å². The number of hydrogen-bond acceptors (Lipinski definition) is 4. The second kappa shape index (κ2) is 6.02. The highest BCUT2D eigenvalue weighted by Gasteiger charge is 2.10. The Morgan fingerprint density at radius 2 is 2.33 bits per heavy atom. The van der Waals surface area contributed by atoms with Crippen molar-refractivity contribution < 1.29 is 0 Å². The molecule has 0 aliphatic carbocycles. The largest absolute Gasteiger partial charge is 0.396 e. The fraction of sp³-hybridized carbons (Fsp3) is 0.462. The first-order valence-corrected chi connectivity index (χ1v) is 7.07. The molecule has 0 saturated heterocycles. The number of rotatable bonds is 6. The maximum absolute atomic E-state index is 5.66. The van der Waals surface area contributed by atoms with Gasteiger partial charge in [0.25, 0.3) is 0 Å². The van der Waals surface area contributed by atoms with E-state index in [9.17, 15) is 0 Å². The predicted molar refractivity (Wildman–Crippen MR) is 76.5 cm³/mol. The van der Waals surface area contributed by atoms with Gasteiger partial charge >= 0.3 is 0 Å². The molecule has 0 aliphatic heterocycles. The van der Waals surface area contributed by atoms with Gasteiger partial charge in [-0.15, -0.1) is 11.3 Å². The van der Waals surface area contributed by atoms with Crippen molar-refractivity contribution in [2.45, 2.75) is 33.0 Å². The Morgan fingerprint density at radius 3 is 2.89 bits per heavy atom. The molecule has 0 aromatic carbocycles. The van der Waals surface area contributed by atoms with E-state index in [4.69, 9.17) is 5.73 Å². The van der Waals surface area contributed by atoms with Crippen LogP contribution in [0.4, 0.5) is 5.69 Å². The molecule has 2 heterocycles. The first-order valence-electron chi connectivity index (χ1n) is 6.19. The first kappa shape index (κ1) is 13.1. The van der Waals surface area contributed by atoms with E-state index < -0.39 is 0 Å². The van der Waals surface area contributed by atoms with Gasteiger partial charge in [0, 0.05) is 30.2 Å². The lowest BCUT2D eigenvalue weighted by molar-refractivity contribution is 0.203. The van der Waals surface area contributed by atoms with Gasteiger partial charge < -0.3 is 5.73 Å². The van der Waals surface area contributed by atoms with Gasteiger partial charge in [0.05, 0.1) is 18.4 Å². The van der Waals surface area contributed by atoms with E-state index in [1.165, 1.54) is 4.88 Å². The number of nitrogens with two attached hydrogens (primary N) is 1. The highest BCUT2D eigenvalue weighted by molar-refractivity contribution is 7.09. The van der Waals surface area contributed by atoms with Gasteiger partial charge in [-0.2, -0.15) is 5.10 Å². The summed E-state index contributed by atoms with van der Waals surface area (Å²) in [4.78, 5) is 3.85. The van der Waals surface area contributed by atoms with Crippen molar-refractivity contribution in [2.75, 3.05) is 12.3 Å². The van der Waals surface area contributed by atoms with Gasteiger partial charge in [0.1, 0.15) is 0 Å². The molecule has 2 N–H and O–H groups in total. The van der Waals surface area contributed by atoms with E-state index in [0.29, 0.717) is 6.04 Å². The summed E-state index contributed by atoms with van der Waals surface area (Å²) >= 11 is 1.81. The standard InChI is InChI=1S/C13H20N4S/c1-11(2)16(10-13-4-3-7-18-13)5-6-17-9-12(14)8-15-17/h3-4,7-9,11H,5-6,10,14H2,1-2H3.